The number of aromatic nitrogens is 2. The van der Waals surface area contributed by atoms with E-state index in [2.05, 4.69) is 20.4 Å². The molecule has 1 amide bonds. The molecule has 0 aliphatic heterocycles. The van der Waals surface area contributed by atoms with Crippen LogP contribution >= 0.6 is 0 Å². The van der Waals surface area contributed by atoms with Gasteiger partial charge in [-0.15, -0.1) is 0 Å². The normalized spacial score (nSPS) is 11.0. The van der Waals surface area contributed by atoms with Gasteiger partial charge in [0.15, 0.2) is 0 Å². The maximum absolute atomic E-state index is 13.0. The number of ether oxygens (including phenoxy) is 1. The Morgan fingerprint density at radius 2 is 1.84 bits per heavy atom. The van der Waals surface area contributed by atoms with Crippen LogP contribution in [0.2, 0.25) is 0 Å². The monoisotopic (exact) mass is 426 g/mol. The molecule has 1 N–H and O–H groups in total. The van der Waals surface area contributed by atoms with Crippen LogP contribution in [-0.2, 0) is 11.2 Å². The van der Waals surface area contributed by atoms with Crippen molar-refractivity contribution in [1.29, 1.82) is 0 Å². The summed E-state index contributed by atoms with van der Waals surface area (Å²) in [6.45, 7) is 1.63. The predicted octanol–water partition coefficient (Wildman–Crippen LogP) is 4.17. The van der Waals surface area contributed by atoms with E-state index >= 15 is 0 Å². The molecule has 2 aromatic carbocycles. The molecule has 3 aromatic rings. The molecule has 0 spiro atoms. The summed E-state index contributed by atoms with van der Waals surface area (Å²) in [5.74, 6) is 1.23. The zero-order chi connectivity index (χ0) is 22.1. The molecular weight excluding hydrogens is 399 g/mol. The van der Waals surface area contributed by atoms with Gasteiger partial charge < -0.3 is 19.5 Å². The number of nitrogens with zero attached hydrogens (tertiary/aromatic N) is 3. The van der Waals surface area contributed by atoms with Gasteiger partial charge in [-0.25, -0.2) is 4.39 Å². The van der Waals surface area contributed by atoms with E-state index in [9.17, 15) is 9.18 Å². The molecule has 0 saturated carbocycles. The first-order chi connectivity index (χ1) is 15.0. The lowest BCUT2D eigenvalue weighted by Gasteiger charge is -2.11. The largest absolute Gasteiger partial charge is 0.494 e. The van der Waals surface area contributed by atoms with Gasteiger partial charge in [0.25, 0.3) is 0 Å². The summed E-state index contributed by atoms with van der Waals surface area (Å²) in [4.78, 5) is 18.6. The second-order valence-corrected chi connectivity index (χ2v) is 7.45. The summed E-state index contributed by atoms with van der Waals surface area (Å²) < 4.78 is 23.9. The smallest absolute Gasteiger partial charge is 0.226 e. The highest BCUT2D eigenvalue weighted by Crippen LogP contribution is 2.18. The number of nitrogens with one attached hydrogen (secondary N) is 1. The van der Waals surface area contributed by atoms with Crippen molar-refractivity contribution in [3.8, 4) is 17.1 Å². The third-order valence-electron chi connectivity index (χ3n) is 4.52. The van der Waals surface area contributed by atoms with Gasteiger partial charge in [-0.3, -0.25) is 4.79 Å². The average Bonchev–Trinajstić information content (AvgIpc) is 3.21. The quantitative estimate of drug-likeness (QED) is 0.464. The molecule has 0 saturated heterocycles. The maximum atomic E-state index is 13.0. The Labute approximate surface area is 181 Å². The van der Waals surface area contributed by atoms with Gasteiger partial charge in [0.05, 0.1) is 6.61 Å². The number of hydrogen-bond donors (Lipinski definition) is 1. The zero-order valence-corrected chi connectivity index (χ0v) is 17.8. The van der Waals surface area contributed by atoms with E-state index in [-0.39, 0.29) is 11.7 Å². The van der Waals surface area contributed by atoms with Crippen molar-refractivity contribution in [1.82, 2.24) is 15.0 Å². The first-order valence-electron chi connectivity index (χ1n) is 10.3. The summed E-state index contributed by atoms with van der Waals surface area (Å²) in [7, 11) is 4.06. The molecule has 0 aliphatic carbocycles. The van der Waals surface area contributed by atoms with Crippen molar-refractivity contribution < 1.29 is 18.4 Å². The minimum atomic E-state index is -0.319. The highest BCUT2D eigenvalue weighted by molar-refractivity contribution is 5.90. The van der Waals surface area contributed by atoms with Gasteiger partial charge >= 0.3 is 0 Å². The molecular formula is C23H27FN4O3. The van der Waals surface area contributed by atoms with Gasteiger partial charge in [0, 0.05) is 30.6 Å². The Morgan fingerprint density at radius 1 is 1.10 bits per heavy atom. The fourth-order valence-corrected chi connectivity index (χ4v) is 2.90. The van der Waals surface area contributed by atoms with Crippen LogP contribution in [0, 0.1) is 5.82 Å². The number of rotatable bonds is 11. The van der Waals surface area contributed by atoms with Crippen molar-refractivity contribution in [2.24, 2.45) is 0 Å². The van der Waals surface area contributed by atoms with E-state index < -0.39 is 0 Å². The van der Waals surface area contributed by atoms with Crippen molar-refractivity contribution in [3.63, 3.8) is 0 Å². The Kier molecular flexibility index (Phi) is 8.12. The molecule has 0 aliphatic rings. The summed E-state index contributed by atoms with van der Waals surface area (Å²) >= 11 is 0. The number of amides is 1. The molecule has 31 heavy (non-hydrogen) atoms. The molecule has 0 radical (unpaired) electrons. The number of carbonyl (C=O) groups excluding carboxylic acids is 1. The van der Waals surface area contributed by atoms with E-state index in [1.165, 1.54) is 12.1 Å². The zero-order valence-electron chi connectivity index (χ0n) is 17.8. The predicted molar refractivity (Wildman–Crippen MR) is 116 cm³/mol. The number of benzene rings is 2. The number of carbonyl (C=O) groups is 1. The molecule has 1 aromatic heterocycles. The van der Waals surface area contributed by atoms with Crippen LogP contribution < -0.4 is 10.1 Å². The number of halogens is 1. The Morgan fingerprint density at radius 3 is 2.55 bits per heavy atom. The maximum Gasteiger partial charge on any atom is 0.226 e. The van der Waals surface area contributed by atoms with E-state index in [1.807, 2.05) is 38.4 Å². The lowest BCUT2D eigenvalue weighted by molar-refractivity contribution is -0.116. The van der Waals surface area contributed by atoms with Crippen molar-refractivity contribution in [2.75, 3.05) is 32.6 Å². The number of anilines is 1. The summed E-state index contributed by atoms with van der Waals surface area (Å²) in [5, 5.41) is 6.77. The lowest BCUT2D eigenvalue weighted by atomic mass is 10.2. The van der Waals surface area contributed by atoms with E-state index in [1.54, 1.807) is 12.1 Å². The molecule has 1 heterocycles. The topological polar surface area (TPSA) is 80.5 Å². The Hall–Kier alpha value is -3.26. The van der Waals surface area contributed by atoms with Crippen LogP contribution in [0.4, 0.5) is 10.1 Å². The van der Waals surface area contributed by atoms with Crippen molar-refractivity contribution >= 4 is 11.6 Å². The second kappa shape index (κ2) is 11.2. The first-order valence-corrected chi connectivity index (χ1v) is 10.3. The van der Waals surface area contributed by atoms with Gasteiger partial charge in [-0.05, 0) is 75.5 Å². The molecule has 0 atom stereocenters. The number of aryl methyl sites for hydroxylation is 1. The fraction of sp³-hybridized carbons (Fsp3) is 0.348. The van der Waals surface area contributed by atoms with Crippen LogP contribution in [0.1, 0.15) is 25.2 Å². The molecule has 0 bridgehead atoms. The third-order valence-corrected chi connectivity index (χ3v) is 4.52. The summed E-state index contributed by atoms with van der Waals surface area (Å²) in [6.07, 6.45) is 2.35. The highest BCUT2D eigenvalue weighted by atomic mass is 19.1. The molecule has 164 valence electrons. The lowest BCUT2D eigenvalue weighted by Crippen LogP contribution is -2.15. The van der Waals surface area contributed by atoms with Crippen molar-refractivity contribution in [2.45, 2.75) is 25.7 Å². The van der Waals surface area contributed by atoms with E-state index in [0.29, 0.717) is 43.1 Å². The fourth-order valence-electron chi connectivity index (χ4n) is 2.90. The Bertz CT molecular complexity index is 956. The molecule has 0 unspecified atom stereocenters. The van der Waals surface area contributed by atoms with Crippen LogP contribution in [0.25, 0.3) is 11.4 Å². The van der Waals surface area contributed by atoms with Gasteiger partial charge in [0.1, 0.15) is 11.6 Å². The standard InChI is InChI=1S/C23H27FN4O3/c1-28(2)15-4-16-30-20-13-11-19(12-14-20)25-21(29)5-3-6-22-26-23(27-31-22)17-7-9-18(24)10-8-17/h7-14H,3-6,15-16H2,1-2H3,(H,25,29). The molecule has 8 heteroatoms. The molecule has 3 rings (SSSR count). The van der Waals surface area contributed by atoms with Gasteiger partial charge in [-0.2, -0.15) is 4.98 Å². The average molecular weight is 426 g/mol. The minimum Gasteiger partial charge on any atom is -0.494 e. The molecule has 7 nitrogen and oxygen atoms in total. The van der Waals surface area contributed by atoms with Gasteiger partial charge in [0.2, 0.25) is 17.6 Å². The van der Waals surface area contributed by atoms with Crippen LogP contribution in [0.15, 0.2) is 53.1 Å². The summed E-state index contributed by atoms with van der Waals surface area (Å²) in [6, 6.07) is 13.2. The highest BCUT2D eigenvalue weighted by Gasteiger charge is 2.10. The molecule has 0 fully saturated rings. The number of hydrogen-bond acceptors (Lipinski definition) is 6. The third kappa shape index (κ3) is 7.49. The Balaban J connectivity index is 1.38. The van der Waals surface area contributed by atoms with Crippen LogP contribution in [-0.4, -0.2) is 48.2 Å². The van der Waals surface area contributed by atoms with Crippen LogP contribution in [0.5, 0.6) is 5.75 Å². The van der Waals surface area contributed by atoms with Crippen LogP contribution in [0.3, 0.4) is 0 Å². The minimum absolute atomic E-state index is 0.0853. The summed E-state index contributed by atoms with van der Waals surface area (Å²) in [5.41, 5.74) is 1.40. The van der Waals surface area contributed by atoms with Crippen molar-refractivity contribution in [3.05, 3.63) is 60.2 Å². The van der Waals surface area contributed by atoms with E-state index in [4.69, 9.17) is 9.26 Å². The SMILES string of the molecule is CN(C)CCCOc1ccc(NC(=O)CCCc2nc(-c3ccc(F)cc3)no2)cc1. The second-order valence-electron chi connectivity index (χ2n) is 7.45. The van der Waals surface area contributed by atoms with E-state index in [0.717, 1.165) is 24.4 Å². The van der Waals surface area contributed by atoms with Gasteiger partial charge in [-0.1, -0.05) is 5.16 Å². The first kappa shape index (κ1) is 22.4.